The number of hydrogen-bond donors (Lipinski definition) is 1. The molecule has 12 heteroatoms. The van der Waals surface area contributed by atoms with Crippen molar-refractivity contribution < 1.29 is 27.8 Å². The average Bonchev–Trinajstić information content (AvgIpc) is 3.43. The SMILES string of the molecule is Cn1nc(CO)cc1-c1cc(OC2CN(C(=O)N3N=CC[C@H]3c3cc(F)cc(F)c3)C2)c(F)cn1. The summed E-state index contributed by atoms with van der Waals surface area (Å²) in [5, 5.41) is 18.7. The van der Waals surface area contributed by atoms with E-state index in [1.807, 2.05) is 0 Å². The number of carbonyl (C=O) groups excluding carboxylic acids is 1. The number of aromatic nitrogens is 3. The van der Waals surface area contributed by atoms with Gasteiger partial charge in [0.2, 0.25) is 0 Å². The highest BCUT2D eigenvalue weighted by atomic mass is 19.1. The van der Waals surface area contributed by atoms with E-state index in [0.29, 0.717) is 29.1 Å². The minimum absolute atomic E-state index is 0.0221. The number of ether oxygens (including phenoxy) is 1. The third kappa shape index (κ3) is 4.44. The number of likely N-dealkylation sites (tertiary alicyclic amines) is 1. The van der Waals surface area contributed by atoms with Gasteiger partial charge in [-0.05, 0) is 23.8 Å². The van der Waals surface area contributed by atoms with Crippen molar-refractivity contribution in [3.05, 3.63) is 65.2 Å². The molecule has 0 aliphatic carbocycles. The largest absolute Gasteiger partial charge is 0.483 e. The van der Waals surface area contributed by atoms with Gasteiger partial charge in [-0.1, -0.05) is 0 Å². The number of nitrogens with zero attached hydrogens (tertiary/aromatic N) is 6. The lowest BCUT2D eigenvalue weighted by Gasteiger charge is -2.41. The lowest BCUT2D eigenvalue weighted by molar-refractivity contribution is 0.0256. The minimum Gasteiger partial charge on any atom is -0.483 e. The smallest absolute Gasteiger partial charge is 0.341 e. The standard InChI is InChI=1S/C23H21F3N6O3/c1-30-21(7-16(12-33)29-30)19-8-22(18(26)9-27-19)35-17-10-31(11-17)23(34)32-20(2-3-28-32)13-4-14(24)6-15(25)5-13/h3-9,17,20,33H,2,10-12H2,1H3/t20-/m0/s1. The summed E-state index contributed by atoms with van der Waals surface area (Å²) in [5.74, 6) is -2.13. The van der Waals surface area contributed by atoms with Crippen molar-refractivity contribution in [3.63, 3.8) is 0 Å². The first-order valence-corrected chi connectivity index (χ1v) is 10.9. The number of hydrazone groups is 1. The number of pyridine rings is 1. The van der Waals surface area contributed by atoms with Crippen molar-refractivity contribution in [1.82, 2.24) is 24.7 Å². The van der Waals surface area contributed by atoms with Gasteiger partial charge >= 0.3 is 6.03 Å². The molecule has 0 bridgehead atoms. The van der Waals surface area contributed by atoms with Crippen LogP contribution in [0.15, 0.2) is 41.6 Å². The summed E-state index contributed by atoms with van der Waals surface area (Å²) in [5.41, 5.74) is 1.76. The highest BCUT2D eigenvalue weighted by Gasteiger charge is 2.39. The molecular formula is C23H21F3N6O3. The predicted molar refractivity (Wildman–Crippen MR) is 118 cm³/mol. The van der Waals surface area contributed by atoms with E-state index in [-0.39, 0.29) is 25.4 Å². The molecule has 1 atom stereocenters. The summed E-state index contributed by atoms with van der Waals surface area (Å²) >= 11 is 0. The number of amides is 2. The van der Waals surface area contributed by atoms with Crippen molar-refractivity contribution in [1.29, 1.82) is 0 Å². The number of hydrogen-bond acceptors (Lipinski definition) is 6. The van der Waals surface area contributed by atoms with Crippen LogP contribution in [-0.4, -0.2) is 61.2 Å². The molecule has 9 nitrogen and oxygen atoms in total. The highest BCUT2D eigenvalue weighted by molar-refractivity contribution is 5.79. The molecule has 0 unspecified atom stereocenters. The van der Waals surface area contributed by atoms with E-state index in [4.69, 9.17) is 4.74 Å². The van der Waals surface area contributed by atoms with E-state index in [1.54, 1.807) is 13.1 Å². The monoisotopic (exact) mass is 486 g/mol. The molecule has 2 aliphatic heterocycles. The van der Waals surface area contributed by atoms with E-state index in [0.717, 1.165) is 12.3 Å². The molecule has 0 spiro atoms. The second-order valence-corrected chi connectivity index (χ2v) is 8.33. The molecule has 5 rings (SSSR count). The zero-order valence-electron chi connectivity index (χ0n) is 18.6. The number of carbonyl (C=O) groups is 1. The molecule has 2 amide bonds. The van der Waals surface area contributed by atoms with Gasteiger partial charge in [-0.25, -0.2) is 23.0 Å². The summed E-state index contributed by atoms with van der Waals surface area (Å²) in [6.07, 6.45) is 2.44. The lowest BCUT2D eigenvalue weighted by atomic mass is 10.0. The molecule has 3 aromatic rings. The molecule has 2 aromatic heterocycles. The van der Waals surface area contributed by atoms with Crippen LogP contribution in [0.1, 0.15) is 23.7 Å². The Morgan fingerprint density at radius 2 is 1.89 bits per heavy atom. The van der Waals surface area contributed by atoms with Crippen molar-refractivity contribution in [2.24, 2.45) is 12.1 Å². The molecule has 0 saturated carbocycles. The van der Waals surface area contributed by atoms with E-state index < -0.39 is 35.6 Å². The van der Waals surface area contributed by atoms with Gasteiger partial charge in [-0.15, -0.1) is 0 Å². The van der Waals surface area contributed by atoms with Crippen LogP contribution in [-0.2, 0) is 13.7 Å². The van der Waals surface area contributed by atoms with Crippen LogP contribution in [0, 0.1) is 17.5 Å². The van der Waals surface area contributed by atoms with Gasteiger partial charge in [0, 0.05) is 31.8 Å². The summed E-state index contributed by atoms with van der Waals surface area (Å²) in [6, 6.07) is 5.17. The summed E-state index contributed by atoms with van der Waals surface area (Å²) < 4.78 is 49.0. The Morgan fingerprint density at radius 3 is 2.57 bits per heavy atom. The molecule has 4 heterocycles. The normalized spacial score (nSPS) is 17.7. The molecule has 1 N–H and O–H groups in total. The van der Waals surface area contributed by atoms with Crippen LogP contribution in [0.4, 0.5) is 18.0 Å². The van der Waals surface area contributed by atoms with E-state index in [1.165, 1.54) is 39.0 Å². The molecule has 1 fully saturated rings. The fourth-order valence-corrected chi connectivity index (χ4v) is 4.13. The topological polar surface area (TPSA) is 96.1 Å². The number of halogens is 3. The van der Waals surface area contributed by atoms with E-state index in [2.05, 4.69) is 15.2 Å². The van der Waals surface area contributed by atoms with Crippen molar-refractivity contribution >= 4 is 12.2 Å². The number of aliphatic hydroxyl groups is 1. The van der Waals surface area contributed by atoms with Crippen LogP contribution in [0.2, 0.25) is 0 Å². The summed E-state index contributed by atoms with van der Waals surface area (Å²) in [7, 11) is 1.68. The zero-order valence-corrected chi connectivity index (χ0v) is 18.6. The molecule has 35 heavy (non-hydrogen) atoms. The van der Waals surface area contributed by atoms with Gasteiger partial charge in [0.25, 0.3) is 0 Å². The Balaban J connectivity index is 1.24. The van der Waals surface area contributed by atoms with Gasteiger partial charge in [0.15, 0.2) is 11.6 Å². The highest BCUT2D eigenvalue weighted by Crippen LogP contribution is 2.32. The quantitative estimate of drug-likeness (QED) is 0.598. The third-order valence-corrected chi connectivity index (χ3v) is 5.88. The third-order valence-electron chi connectivity index (χ3n) is 5.88. The first-order valence-electron chi connectivity index (χ1n) is 10.9. The van der Waals surface area contributed by atoms with E-state index >= 15 is 0 Å². The Labute approximate surface area is 198 Å². The number of urea groups is 1. The van der Waals surface area contributed by atoms with Crippen LogP contribution in [0.3, 0.4) is 0 Å². The Hall–Kier alpha value is -3.93. The number of aryl methyl sites for hydroxylation is 1. The lowest BCUT2D eigenvalue weighted by Crippen LogP contribution is -2.58. The number of benzene rings is 1. The molecule has 0 radical (unpaired) electrons. The van der Waals surface area contributed by atoms with Crippen LogP contribution in [0.5, 0.6) is 5.75 Å². The van der Waals surface area contributed by atoms with E-state index in [9.17, 15) is 23.1 Å². The second-order valence-electron chi connectivity index (χ2n) is 8.33. The van der Waals surface area contributed by atoms with Gasteiger partial charge in [-0.2, -0.15) is 10.2 Å². The maximum Gasteiger partial charge on any atom is 0.341 e. The molecule has 1 aromatic carbocycles. The fourth-order valence-electron chi connectivity index (χ4n) is 4.13. The first-order chi connectivity index (χ1) is 16.8. The Kier molecular flexibility index (Phi) is 5.89. The van der Waals surface area contributed by atoms with Crippen LogP contribution >= 0.6 is 0 Å². The number of rotatable bonds is 5. The van der Waals surface area contributed by atoms with Crippen molar-refractivity contribution in [2.45, 2.75) is 25.2 Å². The van der Waals surface area contributed by atoms with Gasteiger partial charge in [-0.3, -0.25) is 9.67 Å². The Bertz CT molecular complexity index is 1290. The predicted octanol–water partition coefficient (Wildman–Crippen LogP) is 3.01. The van der Waals surface area contributed by atoms with Gasteiger partial charge in [0.05, 0.1) is 49.0 Å². The van der Waals surface area contributed by atoms with Gasteiger partial charge < -0.3 is 14.7 Å². The fraction of sp³-hybridized carbons (Fsp3) is 0.304. The molecule has 182 valence electrons. The molecular weight excluding hydrogens is 465 g/mol. The maximum absolute atomic E-state index is 14.4. The number of aliphatic hydroxyl groups excluding tert-OH is 1. The first kappa shape index (κ1) is 22.8. The molecule has 2 aliphatic rings. The van der Waals surface area contributed by atoms with Crippen molar-refractivity contribution in [2.75, 3.05) is 13.1 Å². The molecule has 1 saturated heterocycles. The van der Waals surface area contributed by atoms with Crippen LogP contribution < -0.4 is 4.74 Å². The summed E-state index contributed by atoms with van der Waals surface area (Å²) in [4.78, 5) is 18.5. The van der Waals surface area contributed by atoms with Gasteiger partial charge in [0.1, 0.15) is 17.7 Å². The Morgan fingerprint density at radius 1 is 1.14 bits per heavy atom. The van der Waals surface area contributed by atoms with Crippen molar-refractivity contribution in [3.8, 4) is 17.1 Å². The second kappa shape index (κ2) is 9.02. The average molecular weight is 486 g/mol. The minimum atomic E-state index is -0.728. The zero-order chi connectivity index (χ0) is 24.7. The summed E-state index contributed by atoms with van der Waals surface area (Å²) in [6.45, 7) is 0.138. The maximum atomic E-state index is 14.4. The van der Waals surface area contributed by atoms with Crippen LogP contribution in [0.25, 0.3) is 11.4 Å².